The van der Waals surface area contributed by atoms with E-state index in [-0.39, 0.29) is 5.41 Å². The maximum atomic E-state index is 2.48. The molecule has 8 aromatic carbocycles. The minimum Gasteiger partial charge on any atom is -0.310 e. The van der Waals surface area contributed by atoms with E-state index in [0.717, 1.165) is 17.1 Å². The molecule has 1 nitrogen and oxygen atoms in total. The van der Waals surface area contributed by atoms with E-state index >= 15 is 0 Å². The molecule has 8 aromatic rings. The lowest BCUT2D eigenvalue weighted by Gasteiger charge is -2.30. The van der Waals surface area contributed by atoms with Crippen LogP contribution in [-0.4, -0.2) is 0 Å². The molecule has 0 saturated carbocycles. The molecule has 0 N–H and O–H groups in total. The zero-order chi connectivity index (χ0) is 30.2. The van der Waals surface area contributed by atoms with Gasteiger partial charge in [-0.1, -0.05) is 127 Å². The maximum Gasteiger partial charge on any atom is 0.0725 e. The predicted molar refractivity (Wildman–Crippen MR) is 192 cm³/mol. The van der Waals surface area contributed by atoms with Crippen molar-refractivity contribution < 1.29 is 0 Å². The molecular weight excluding hydrogens is 555 g/mol. The van der Waals surface area contributed by atoms with Gasteiger partial charge in [-0.05, 0) is 115 Å². The third-order valence-electron chi connectivity index (χ3n) is 10.2. The third kappa shape index (κ3) is 3.40. The summed E-state index contributed by atoms with van der Waals surface area (Å²) in [5.74, 6) is 0. The van der Waals surface area contributed by atoms with Gasteiger partial charge in [-0.15, -0.1) is 0 Å². The Hall–Kier alpha value is -5.92. The van der Waals surface area contributed by atoms with Gasteiger partial charge in [0.2, 0.25) is 0 Å². The van der Waals surface area contributed by atoms with Crippen molar-refractivity contribution in [2.45, 2.75) is 5.41 Å². The molecule has 0 heterocycles. The molecule has 0 aliphatic heterocycles. The van der Waals surface area contributed by atoms with Gasteiger partial charge in [-0.3, -0.25) is 0 Å². The number of rotatable bonds is 3. The molecule has 0 radical (unpaired) electrons. The zero-order valence-electron chi connectivity index (χ0n) is 25.2. The molecule has 2 aliphatic carbocycles. The molecule has 0 amide bonds. The van der Waals surface area contributed by atoms with Crippen molar-refractivity contribution in [1.82, 2.24) is 0 Å². The van der Waals surface area contributed by atoms with E-state index in [4.69, 9.17) is 0 Å². The van der Waals surface area contributed by atoms with Gasteiger partial charge in [-0.25, -0.2) is 0 Å². The van der Waals surface area contributed by atoms with Gasteiger partial charge in [0.25, 0.3) is 0 Å². The molecule has 0 fully saturated rings. The number of para-hydroxylation sites is 1. The summed E-state index contributed by atoms with van der Waals surface area (Å²) >= 11 is 0. The van der Waals surface area contributed by atoms with Crippen LogP contribution in [0.5, 0.6) is 0 Å². The summed E-state index contributed by atoms with van der Waals surface area (Å²) < 4.78 is 0. The highest BCUT2D eigenvalue weighted by atomic mass is 15.1. The van der Waals surface area contributed by atoms with Crippen molar-refractivity contribution >= 4 is 38.6 Å². The van der Waals surface area contributed by atoms with Crippen molar-refractivity contribution in [3.8, 4) is 22.3 Å². The van der Waals surface area contributed by atoms with Crippen LogP contribution in [0, 0.1) is 0 Å². The summed E-state index contributed by atoms with van der Waals surface area (Å²) in [6.07, 6.45) is 0. The van der Waals surface area contributed by atoms with Crippen LogP contribution in [0.25, 0.3) is 43.8 Å². The molecule has 2 aliphatic rings. The Morgan fingerprint density at radius 2 is 0.761 bits per heavy atom. The Morgan fingerprint density at radius 1 is 0.283 bits per heavy atom. The number of benzene rings is 8. The largest absolute Gasteiger partial charge is 0.310 e. The summed E-state index contributed by atoms with van der Waals surface area (Å²) in [4.78, 5) is 2.38. The van der Waals surface area contributed by atoms with Crippen molar-refractivity contribution in [1.29, 1.82) is 0 Å². The lowest BCUT2D eigenvalue weighted by atomic mass is 9.70. The SMILES string of the molecule is c1ccc(N(c2ccc3ccccc3c2)c2ccc3cc4c(cc3c2)C2(c3ccccc3-c3ccccc32)c2ccccc2-4)cc1. The highest BCUT2D eigenvalue weighted by Gasteiger charge is 2.51. The highest BCUT2D eigenvalue weighted by Crippen LogP contribution is 2.63. The molecule has 214 valence electrons. The fraction of sp³-hybridized carbons (Fsp3) is 0.0222. The van der Waals surface area contributed by atoms with Crippen LogP contribution < -0.4 is 4.90 Å². The number of hydrogen-bond donors (Lipinski definition) is 0. The number of hydrogen-bond acceptors (Lipinski definition) is 1. The van der Waals surface area contributed by atoms with Gasteiger partial charge in [0.15, 0.2) is 0 Å². The normalized spacial score (nSPS) is 13.4. The topological polar surface area (TPSA) is 3.24 Å². The predicted octanol–water partition coefficient (Wildman–Crippen LogP) is 11.8. The van der Waals surface area contributed by atoms with Gasteiger partial charge in [-0.2, -0.15) is 0 Å². The Labute approximate surface area is 268 Å². The van der Waals surface area contributed by atoms with Gasteiger partial charge in [0.1, 0.15) is 0 Å². The first-order valence-corrected chi connectivity index (χ1v) is 16.0. The Balaban J connectivity index is 1.23. The molecular formula is C45H29N. The second-order valence-corrected chi connectivity index (χ2v) is 12.5. The summed E-state index contributed by atoms with van der Waals surface area (Å²) in [7, 11) is 0. The quantitative estimate of drug-likeness (QED) is 0.200. The van der Waals surface area contributed by atoms with E-state index in [1.807, 2.05) is 0 Å². The molecule has 10 rings (SSSR count). The zero-order valence-corrected chi connectivity index (χ0v) is 25.2. The Kier molecular flexibility index (Phi) is 5.27. The second-order valence-electron chi connectivity index (χ2n) is 12.5. The van der Waals surface area contributed by atoms with E-state index in [0.29, 0.717) is 0 Å². The van der Waals surface area contributed by atoms with Gasteiger partial charge < -0.3 is 4.90 Å². The molecule has 0 atom stereocenters. The van der Waals surface area contributed by atoms with Crippen LogP contribution in [-0.2, 0) is 5.41 Å². The number of anilines is 3. The molecule has 46 heavy (non-hydrogen) atoms. The fourth-order valence-electron chi connectivity index (χ4n) is 8.30. The molecule has 1 spiro atoms. The van der Waals surface area contributed by atoms with Crippen LogP contribution in [0.3, 0.4) is 0 Å². The number of nitrogens with zero attached hydrogens (tertiary/aromatic N) is 1. The van der Waals surface area contributed by atoms with Crippen LogP contribution >= 0.6 is 0 Å². The fourth-order valence-corrected chi connectivity index (χ4v) is 8.30. The minimum absolute atomic E-state index is 0.346. The van der Waals surface area contributed by atoms with Crippen LogP contribution in [0.1, 0.15) is 22.3 Å². The standard InChI is InChI=1S/C45H29N/c1-2-14-34(15-3-1)46(35-24-22-30-12-4-5-13-31(30)26-35)36-25-23-32-28-40-39-18-8-11-21-43(39)45(44(40)29-33(32)27-36)41-19-9-6-16-37(41)38-17-7-10-20-42(38)45/h1-29H. The molecule has 0 saturated heterocycles. The van der Waals surface area contributed by atoms with Crippen molar-refractivity contribution in [2.24, 2.45) is 0 Å². The molecule has 0 aromatic heterocycles. The average Bonchev–Trinajstić information content (AvgIpc) is 3.58. The van der Waals surface area contributed by atoms with Gasteiger partial charge in [0.05, 0.1) is 5.41 Å². The Morgan fingerprint density at radius 3 is 1.41 bits per heavy atom. The van der Waals surface area contributed by atoms with Crippen LogP contribution in [0.4, 0.5) is 17.1 Å². The summed E-state index contributed by atoms with van der Waals surface area (Å²) in [6, 6.07) is 65.0. The van der Waals surface area contributed by atoms with E-state index in [1.54, 1.807) is 0 Å². The highest BCUT2D eigenvalue weighted by molar-refractivity contribution is 6.01. The van der Waals surface area contributed by atoms with Crippen molar-refractivity contribution in [2.75, 3.05) is 4.90 Å². The van der Waals surface area contributed by atoms with Crippen LogP contribution in [0.2, 0.25) is 0 Å². The smallest absolute Gasteiger partial charge is 0.0725 e. The third-order valence-corrected chi connectivity index (χ3v) is 10.2. The average molecular weight is 584 g/mol. The Bertz CT molecular complexity index is 2440. The lowest BCUT2D eigenvalue weighted by Crippen LogP contribution is -2.25. The lowest BCUT2D eigenvalue weighted by molar-refractivity contribution is 0.795. The summed E-state index contributed by atoms with van der Waals surface area (Å²) in [5.41, 5.74) is 13.9. The van der Waals surface area contributed by atoms with Crippen molar-refractivity contribution in [3.63, 3.8) is 0 Å². The van der Waals surface area contributed by atoms with Crippen molar-refractivity contribution in [3.05, 3.63) is 198 Å². The van der Waals surface area contributed by atoms with E-state index in [2.05, 4.69) is 181 Å². The summed E-state index contributed by atoms with van der Waals surface area (Å²) in [5, 5.41) is 4.97. The van der Waals surface area contributed by atoms with Gasteiger partial charge in [0, 0.05) is 17.1 Å². The maximum absolute atomic E-state index is 2.48. The molecule has 0 unspecified atom stereocenters. The molecule has 0 bridgehead atoms. The second kappa shape index (κ2) is 9.54. The van der Waals surface area contributed by atoms with E-state index in [9.17, 15) is 0 Å². The van der Waals surface area contributed by atoms with E-state index in [1.165, 1.54) is 66.1 Å². The minimum atomic E-state index is -0.346. The number of fused-ring (bicyclic) bond motifs is 12. The molecule has 1 heteroatoms. The first-order valence-electron chi connectivity index (χ1n) is 16.0. The first-order chi connectivity index (χ1) is 22.8. The van der Waals surface area contributed by atoms with Gasteiger partial charge >= 0.3 is 0 Å². The van der Waals surface area contributed by atoms with Crippen LogP contribution in [0.15, 0.2) is 176 Å². The van der Waals surface area contributed by atoms with E-state index < -0.39 is 0 Å². The summed E-state index contributed by atoms with van der Waals surface area (Å²) in [6.45, 7) is 0. The monoisotopic (exact) mass is 583 g/mol. The first kappa shape index (κ1) is 25.4.